The number of carbonyl (C=O) groups is 2. The molecule has 166 valence electrons. The van der Waals surface area contributed by atoms with E-state index in [1.165, 1.54) is 12.1 Å². The number of rotatable bonds is 5. The normalized spacial score (nSPS) is 24.3. The Balaban J connectivity index is 1.65. The number of hydrogen-bond acceptors (Lipinski definition) is 5. The van der Waals surface area contributed by atoms with Crippen LogP contribution in [0, 0.1) is 29.0 Å². The van der Waals surface area contributed by atoms with Gasteiger partial charge in [-0.15, -0.1) is 0 Å². The third-order valence-corrected chi connectivity index (χ3v) is 6.69. The van der Waals surface area contributed by atoms with Gasteiger partial charge in [0.15, 0.2) is 5.78 Å². The van der Waals surface area contributed by atoms with E-state index in [-0.39, 0.29) is 29.9 Å². The number of halogens is 1. The van der Waals surface area contributed by atoms with Gasteiger partial charge in [-0.05, 0) is 74.4 Å². The lowest BCUT2D eigenvalue weighted by Crippen LogP contribution is -2.53. The molecule has 2 aromatic rings. The zero-order valence-corrected chi connectivity index (χ0v) is 18.1. The Kier molecular flexibility index (Phi) is 6.27. The van der Waals surface area contributed by atoms with E-state index in [1.54, 1.807) is 25.1 Å². The van der Waals surface area contributed by atoms with Gasteiger partial charge in [-0.1, -0.05) is 18.2 Å². The highest BCUT2D eigenvalue weighted by Gasteiger charge is 2.51. The Morgan fingerprint density at radius 2 is 1.88 bits per heavy atom. The minimum Gasteiger partial charge on any atom is -0.486 e. The molecule has 1 heterocycles. The van der Waals surface area contributed by atoms with Crippen LogP contribution < -0.4 is 4.74 Å². The number of Topliss-reactive ketones (excluding diaryl/α,β-unsaturated/α-hetero) is 1. The first kappa shape index (κ1) is 22.0. The van der Waals surface area contributed by atoms with Gasteiger partial charge in [0, 0.05) is 6.42 Å². The van der Waals surface area contributed by atoms with Crippen molar-refractivity contribution in [2.75, 3.05) is 6.61 Å². The molecule has 6 heteroatoms. The average Bonchev–Trinajstić information content (AvgIpc) is 2.80. The minimum absolute atomic E-state index is 0.0123. The standard InChI is InChI=1S/C26H26FNO4/c1-2-31-25(30)18-11-13-26(14-12-18)22(4-3-15-28)24(29)21-10-7-19(16-23(21)32-26)17-5-8-20(27)9-6-17/h5-10,16,18,22H,2-4,11-14H2,1H3. The molecule has 1 aliphatic carbocycles. The molecule has 0 N–H and O–H groups in total. The second-order valence-electron chi connectivity index (χ2n) is 8.52. The van der Waals surface area contributed by atoms with E-state index in [0.29, 0.717) is 50.0 Å². The third kappa shape index (κ3) is 4.12. The van der Waals surface area contributed by atoms with Crippen molar-refractivity contribution >= 4 is 11.8 Å². The predicted octanol–water partition coefficient (Wildman–Crippen LogP) is 5.48. The molecule has 1 fully saturated rings. The second kappa shape index (κ2) is 9.12. The number of hydrogen-bond donors (Lipinski definition) is 0. The summed E-state index contributed by atoms with van der Waals surface area (Å²) >= 11 is 0. The summed E-state index contributed by atoms with van der Waals surface area (Å²) in [6.07, 6.45) is 2.98. The molecule has 32 heavy (non-hydrogen) atoms. The van der Waals surface area contributed by atoms with Crippen LogP contribution >= 0.6 is 0 Å². The van der Waals surface area contributed by atoms with Gasteiger partial charge >= 0.3 is 5.97 Å². The topological polar surface area (TPSA) is 76.4 Å². The first-order valence-corrected chi connectivity index (χ1v) is 11.1. The highest BCUT2D eigenvalue weighted by molar-refractivity contribution is 6.02. The number of nitriles is 1. The van der Waals surface area contributed by atoms with Crippen molar-refractivity contribution < 1.29 is 23.5 Å². The Bertz CT molecular complexity index is 1050. The average molecular weight is 435 g/mol. The van der Waals surface area contributed by atoms with Gasteiger partial charge in [-0.2, -0.15) is 5.26 Å². The monoisotopic (exact) mass is 435 g/mol. The number of benzene rings is 2. The molecule has 1 unspecified atom stereocenters. The molecule has 0 amide bonds. The van der Waals surface area contributed by atoms with E-state index in [1.807, 2.05) is 12.1 Å². The van der Waals surface area contributed by atoms with Crippen LogP contribution in [0.5, 0.6) is 5.75 Å². The molecule has 5 nitrogen and oxygen atoms in total. The maximum Gasteiger partial charge on any atom is 0.308 e. The number of carbonyl (C=O) groups excluding carboxylic acids is 2. The van der Waals surface area contributed by atoms with Gasteiger partial charge in [0.05, 0.1) is 30.1 Å². The second-order valence-corrected chi connectivity index (χ2v) is 8.52. The van der Waals surface area contributed by atoms with Crippen LogP contribution in [0.2, 0.25) is 0 Å². The number of fused-ring (bicyclic) bond motifs is 1. The molecule has 2 aliphatic rings. The van der Waals surface area contributed by atoms with Gasteiger partial charge in [0.2, 0.25) is 0 Å². The number of esters is 1. The maximum atomic E-state index is 13.5. The Hall–Kier alpha value is -3.20. The smallest absolute Gasteiger partial charge is 0.308 e. The van der Waals surface area contributed by atoms with E-state index in [2.05, 4.69) is 6.07 Å². The molecule has 4 rings (SSSR count). The van der Waals surface area contributed by atoms with Crippen molar-refractivity contribution in [3.8, 4) is 22.9 Å². The Morgan fingerprint density at radius 1 is 1.19 bits per heavy atom. The molecule has 1 aliphatic heterocycles. The van der Waals surface area contributed by atoms with Crippen molar-refractivity contribution in [2.45, 2.75) is 51.0 Å². The summed E-state index contributed by atoms with van der Waals surface area (Å²) in [6.45, 7) is 2.14. The SMILES string of the molecule is CCOC(=O)C1CCC2(CC1)Oc1cc(-c3ccc(F)cc3)ccc1C(=O)C2CCC#N. The lowest BCUT2D eigenvalue weighted by atomic mass is 9.67. The molecule has 1 saturated carbocycles. The molecule has 0 radical (unpaired) electrons. The fourth-order valence-corrected chi connectivity index (χ4v) is 5.00. The summed E-state index contributed by atoms with van der Waals surface area (Å²) in [4.78, 5) is 25.7. The Labute approximate surface area is 187 Å². The summed E-state index contributed by atoms with van der Waals surface area (Å²) in [5, 5.41) is 9.13. The van der Waals surface area contributed by atoms with E-state index in [0.717, 1.165) is 11.1 Å². The van der Waals surface area contributed by atoms with Gasteiger partial charge in [0.25, 0.3) is 0 Å². The summed E-state index contributed by atoms with van der Waals surface area (Å²) < 4.78 is 25.1. The quantitative estimate of drug-likeness (QED) is 0.581. The molecule has 0 aromatic heterocycles. The third-order valence-electron chi connectivity index (χ3n) is 6.69. The van der Waals surface area contributed by atoms with Crippen LogP contribution in [0.4, 0.5) is 4.39 Å². The van der Waals surface area contributed by atoms with Gasteiger partial charge < -0.3 is 9.47 Å². The van der Waals surface area contributed by atoms with Gasteiger partial charge in [-0.25, -0.2) is 4.39 Å². The van der Waals surface area contributed by atoms with E-state index in [9.17, 15) is 14.0 Å². The van der Waals surface area contributed by atoms with E-state index in [4.69, 9.17) is 14.7 Å². The van der Waals surface area contributed by atoms with Crippen LogP contribution in [0.1, 0.15) is 55.8 Å². The lowest BCUT2D eigenvalue weighted by Gasteiger charge is -2.47. The fourth-order valence-electron chi connectivity index (χ4n) is 5.00. The van der Waals surface area contributed by atoms with Gasteiger partial charge in [0.1, 0.15) is 17.2 Å². The van der Waals surface area contributed by atoms with Crippen molar-refractivity contribution in [3.05, 3.63) is 53.8 Å². The van der Waals surface area contributed by atoms with Crippen LogP contribution in [0.3, 0.4) is 0 Å². The summed E-state index contributed by atoms with van der Waals surface area (Å²) in [5.74, 6) is -0.619. The molecule has 1 atom stereocenters. The van der Waals surface area contributed by atoms with Gasteiger partial charge in [-0.3, -0.25) is 9.59 Å². The fraction of sp³-hybridized carbons (Fsp3) is 0.423. The van der Waals surface area contributed by atoms with Crippen molar-refractivity contribution in [2.24, 2.45) is 11.8 Å². The zero-order valence-electron chi connectivity index (χ0n) is 18.1. The Morgan fingerprint density at radius 3 is 2.53 bits per heavy atom. The summed E-state index contributed by atoms with van der Waals surface area (Å²) in [6, 6.07) is 13.8. The highest BCUT2D eigenvalue weighted by Crippen LogP contribution is 2.48. The summed E-state index contributed by atoms with van der Waals surface area (Å²) in [7, 11) is 0. The van der Waals surface area contributed by atoms with Crippen molar-refractivity contribution in [1.82, 2.24) is 0 Å². The van der Waals surface area contributed by atoms with Crippen molar-refractivity contribution in [3.63, 3.8) is 0 Å². The number of ether oxygens (including phenoxy) is 2. The first-order valence-electron chi connectivity index (χ1n) is 11.1. The number of nitrogens with zero attached hydrogens (tertiary/aromatic N) is 1. The molecule has 0 saturated heterocycles. The van der Waals surface area contributed by atoms with Crippen LogP contribution in [-0.2, 0) is 9.53 Å². The largest absolute Gasteiger partial charge is 0.486 e. The van der Waals surface area contributed by atoms with E-state index < -0.39 is 11.5 Å². The van der Waals surface area contributed by atoms with Crippen LogP contribution in [0.25, 0.3) is 11.1 Å². The molecule has 1 spiro atoms. The van der Waals surface area contributed by atoms with Crippen LogP contribution in [0.15, 0.2) is 42.5 Å². The molecule has 2 aromatic carbocycles. The molecule has 0 bridgehead atoms. The maximum absolute atomic E-state index is 13.5. The summed E-state index contributed by atoms with van der Waals surface area (Å²) in [5.41, 5.74) is 1.45. The predicted molar refractivity (Wildman–Crippen MR) is 116 cm³/mol. The minimum atomic E-state index is -0.731. The molecular weight excluding hydrogens is 409 g/mol. The van der Waals surface area contributed by atoms with Crippen molar-refractivity contribution in [1.29, 1.82) is 5.26 Å². The zero-order chi connectivity index (χ0) is 22.7. The first-order chi connectivity index (χ1) is 15.5. The van der Waals surface area contributed by atoms with Crippen LogP contribution in [-0.4, -0.2) is 24.0 Å². The van der Waals surface area contributed by atoms with E-state index >= 15 is 0 Å². The molecular formula is C26H26FNO4. The lowest BCUT2D eigenvalue weighted by molar-refractivity contribution is -0.151. The highest BCUT2D eigenvalue weighted by atomic mass is 19.1. The number of ketones is 1.